The van der Waals surface area contributed by atoms with Gasteiger partial charge < -0.3 is 9.32 Å². The first-order valence-corrected chi connectivity index (χ1v) is 11.0. The van der Waals surface area contributed by atoms with E-state index in [4.69, 9.17) is 4.42 Å². The van der Waals surface area contributed by atoms with E-state index in [2.05, 4.69) is 43.1 Å². The summed E-state index contributed by atoms with van der Waals surface area (Å²) in [7, 11) is 1.92. The fraction of sp³-hybridized carbons (Fsp3) is 0.591. The molecule has 1 aliphatic rings. The van der Waals surface area contributed by atoms with Gasteiger partial charge in [0.05, 0.1) is 5.25 Å². The van der Waals surface area contributed by atoms with Gasteiger partial charge in [-0.05, 0) is 42.9 Å². The van der Waals surface area contributed by atoms with Gasteiger partial charge in [0.1, 0.15) is 0 Å². The van der Waals surface area contributed by atoms with Crippen LogP contribution in [0.1, 0.15) is 65.4 Å². The molecule has 1 aromatic carbocycles. The fourth-order valence-corrected chi connectivity index (χ4v) is 4.41. The third-order valence-corrected chi connectivity index (χ3v) is 6.42. The molecule has 1 aromatic heterocycles. The second kappa shape index (κ2) is 8.68. The predicted molar refractivity (Wildman–Crippen MR) is 113 cm³/mol. The van der Waals surface area contributed by atoms with Crippen LogP contribution in [0.2, 0.25) is 0 Å². The minimum Gasteiger partial charge on any atom is -0.411 e. The van der Waals surface area contributed by atoms with Gasteiger partial charge in [-0.3, -0.25) is 4.79 Å². The Morgan fingerprint density at radius 3 is 2.39 bits per heavy atom. The zero-order valence-electron chi connectivity index (χ0n) is 17.6. The van der Waals surface area contributed by atoms with Crippen LogP contribution in [0.15, 0.2) is 33.9 Å². The SMILES string of the molecule is C[C@H](Sc1nnc(-c2ccc(C(C)(C)C)cc2)o1)C(=O)N(C)C1CCCCC1. The number of hydrogen-bond donors (Lipinski definition) is 0. The van der Waals surface area contributed by atoms with Crippen molar-refractivity contribution in [3.05, 3.63) is 29.8 Å². The summed E-state index contributed by atoms with van der Waals surface area (Å²) in [6.45, 7) is 8.47. The van der Waals surface area contributed by atoms with E-state index < -0.39 is 0 Å². The Morgan fingerprint density at radius 1 is 1.14 bits per heavy atom. The molecule has 0 N–H and O–H groups in total. The molecule has 1 atom stereocenters. The first kappa shape index (κ1) is 20.9. The lowest BCUT2D eigenvalue weighted by Crippen LogP contribution is -2.42. The lowest BCUT2D eigenvalue weighted by Gasteiger charge is -2.32. The van der Waals surface area contributed by atoms with Crippen LogP contribution in [0.5, 0.6) is 0 Å². The van der Waals surface area contributed by atoms with Gasteiger partial charge in [0.2, 0.25) is 11.8 Å². The Hall–Kier alpha value is -1.82. The smallest absolute Gasteiger partial charge is 0.277 e. The van der Waals surface area contributed by atoms with Crippen LogP contribution in [0.25, 0.3) is 11.5 Å². The van der Waals surface area contributed by atoms with Gasteiger partial charge in [-0.25, -0.2) is 0 Å². The summed E-state index contributed by atoms with van der Waals surface area (Å²) in [5.41, 5.74) is 2.26. The lowest BCUT2D eigenvalue weighted by molar-refractivity contribution is -0.131. The Bertz CT molecular complexity index is 789. The number of benzene rings is 1. The average molecular weight is 402 g/mol. The molecule has 6 heteroatoms. The second-order valence-electron chi connectivity index (χ2n) is 8.70. The van der Waals surface area contributed by atoms with Crippen molar-refractivity contribution in [3.63, 3.8) is 0 Å². The van der Waals surface area contributed by atoms with Crippen LogP contribution >= 0.6 is 11.8 Å². The van der Waals surface area contributed by atoms with Crippen LogP contribution < -0.4 is 0 Å². The number of hydrogen-bond acceptors (Lipinski definition) is 5. The van der Waals surface area contributed by atoms with E-state index >= 15 is 0 Å². The van der Waals surface area contributed by atoms with E-state index in [1.165, 1.54) is 36.6 Å². The fourth-order valence-electron chi connectivity index (χ4n) is 3.62. The van der Waals surface area contributed by atoms with Gasteiger partial charge >= 0.3 is 0 Å². The Balaban J connectivity index is 1.62. The molecule has 0 unspecified atom stereocenters. The second-order valence-corrected chi connectivity index (χ2v) is 9.99. The molecule has 0 bridgehead atoms. The third-order valence-electron chi connectivity index (χ3n) is 5.50. The van der Waals surface area contributed by atoms with Gasteiger partial charge in [-0.1, -0.05) is 63.9 Å². The Morgan fingerprint density at radius 2 is 1.79 bits per heavy atom. The molecule has 0 radical (unpaired) electrons. The zero-order chi connectivity index (χ0) is 20.3. The highest BCUT2D eigenvalue weighted by molar-refractivity contribution is 8.00. The highest BCUT2D eigenvalue weighted by Gasteiger charge is 2.27. The van der Waals surface area contributed by atoms with Crippen molar-refractivity contribution in [1.29, 1.82) is 0 Å². The van der Waals surface area contributed by atoms with Gasteiger partial charge in [-0.2, -0.15) is 0 Å². The van der Waals surface area contributed by atoms with Crippen molar-refractivity contribution in [3.8, 4) is 11.5 Å². The maximum Gasteiger partial charge on any atom is 0.277 e. The topological polar surface area (TPSA) is 59.2 Å². The molecule has 0 spiro atoms. The number of amides is 1. The predicted octanol–water partition coefficient (Wildman–Crippen LogP) is 5.31. The molecule has 1 fully saturated rings. The summed E-state index contributed by atoms with van der Waals surface area (Å²) < 4.78 is 5.81. The van der Waals surface area contributed by atoms with Crippen molar-refractivity contribution in [2.75, 3.05) is 7.05 Å². The molecule has 152 valence electrons. The summed E-state index contributed by atoms with van der Waals surface area (Å²) in [6, 6.07) is 8.57. The lowest BCUT2D eigenvalue weighted by atomic mass is 9.87. The molecule has 0 saturated heterocycles. The highest BCUT2D eigenvalue weighted by Crippen LogP contribution is 2.30. The van der Waals surface area contributed by atoms with Gasteiger partial charge in [-0.15, -0.1) is 10.2 Å². The van der Waals surface area contributed by atoms with Crippen LogP contribution in [-0.2, 0) is 10.2 Å². The van der Waals surface area contributed by atoms with Gasteiger partial charge in [0.15, 0.2) is 0 Å². The Kier molecular flexibility index (Phi) is 6.48. The van der Waals surface area contributed by atoms with E-state index in [0.29, 0.717) is 17.2 Å². The number of rotatable bonds is 5. The largest absolute Gasteiger partial charge is 0.411 e. The molecule has 1 amide bonds. The molecule has 1 saturated carbocycles. The molecule has 2 aromatic rings. The molecule has 1 heterocycles. The normalized spacial score (nSPS) is 16.8. The van der Waals surface area contributed by atoms with E-state index in [9.17, 15) is 4.79 Å². The van der Waals surface area contributed by atoms with Gasteiger partial charge in [0, 0.05) is 18.7 Å². The van der Waals surface area contributed by atoms with E-state index in [-0.39, 0.29) is 16.6 Å². The number of thioether (sulfide) groups is 1. The van der Waals surface area contributed by atoms with Crippen LogP contribution in [0, 0.1) is 0 Å². The zero-order valence-corrected chi connectivity index (χ0v) is 18.4. The number of carbonyl (C=O) groups excluding carboxylic acids is 1. The van der Waals surface area contributed by atoms with Crippen LogP contribution in [0.3, 0.4) is 0 Å². The number of carbonyl (C=O) groups is 1. The monoisotopic (exact) mass is 401 g/mol. The third kappa shape index (κ3) is 4.96. The summed E-state index contributed by atoms with van der Waals surface area (Å²) in [4.78, 5) is 14.7. The minimum absolute atomic E-state index is 0.106. The summed E-state index contributed by atoms with van der Waals surface area (Å²) in [5.74, 6) is 0.620. The number of nitrogens with zero attached hydrogens (tertiary/aromatic N) is 3. The van der Waals surface area contributed by atoms with Crippen molar-refractivity contribution < 1.29 is 9.21 Å². The highest BCUT2D eigenvalue weighted by atomic mass is 32.2. The van der Waals surface area contributed by atoms with E-state index in [1.54, 1.807) is 0 Å². The first-order valence-electron chi connectivity index (χ1n) is 10.1. The van der Waals surface area contributed by atoms with Crippen LogP contribution in [0.4, 0.5) is 0 Å². The molecule has 0 aliphatic heterocycles. The van der Waals surface area contributed by atoms with E-state index in [0.717, 1.165) is 18.4 Å². The number of aromatic nitrogens is 2. The van der Waals surface area contributed by atoms with Gasteiger partial charge in [0.25, 0.3) is 5.22 Å². The van der Waals surface area contributed by atoms with Crippen molar-refractivity contribution in [2.45, 2.75) is 81.7 Å². The Labute approximate surface area is 172 Å². The standard InChI is InChI=1S/C22H31N3O2S/c1-15(20(26)25(5)18-9-7-6-8-10-18)28-21-24-23-19(27-21)16-11-13-17(14-12-16)22(2,3)4/h11-15,18H,6-10H2,1-5H3/t15-/m0/s1. The maximum absolute atomic E-state index is 12.8. The molecule has 5 nitrogen and oxygen atoms in total. The molecule has 28 heavy (non-hydrogen) atoms. The summed E-state index contributed by atoms with van der Waals surface area (Å²) in [6.07, 6.45) is 5.92. The van der Waals surface area contributed by atoms with E-state index in [1.807, 2.05) is 31.0 Å². The summed E-state index contributed by atoms with van der Waals surface area (Å²) >= 11 is 1.34. The summed E-state index contributed by atoms with van der Waals surface area (Å²) in [5, 5.41) is 8.49. The first-order chi connectivity index (χ1) is 13.3. The quantitative estimate of drug-likeness (QED) is 0.636. The molecular formula is C22H31N3O2S. The van der Waals surface area contributed by atoms with Crippen LogP contribution in [-0.4, -0.2) is 39.3 Å². The van der Waals surface area contributed by atoms with Crippen molar-refractivity contribution in [2.24, 2.45) is 0 Å². The molecule has 3 rings (SSSR count). The minimum atomic E-state index is -0.247. The average Bonchev–Trinajstić information content (AvgIpc) is 3.15. The molecule has 1 aliphatic carbocycles. The van der Waals surface area contributed by atoms with Crippen molar-refractivity contribution in [1.82, 2.24) is 15.1 Å². The molecular weight excluding hydrogens is 370 g/mol. The van der Waals surface area contributed by atoms with Crippen molar-refractivity contribution >= 4 is 17.7 Å². The maximum atomic E-state index is 12.8.